The number of nitrogens with one attached hydrogen (secondary N) is 2. The van der Waals surface area contributed by atoms with Crippen molar-refractivity contribution in [3.8, 4) is 0 Å². The lowest BCUT2D eigenvalue weighted by Gasteiger charge is -2.33. The SMILES string of the molecule is CC(C)(C)OC(=O)N[C@@H]1CCCC[C@H]1NC(=O)c1ccccc1P(c1ccccc1)c1ccccc1. The van der Waals surface area contributed by atoms with Gasteiger partial charge < -0.3 is 15.4 Å². The van der Waals surface area contributed by atoms with E-state index in [9.17, 15) is 9.59 Å². The molecule has 2 atom stereocenters. The second-order valence-corrected chi connectivity index (χ2v) is 12.3. The Hall–Kier alpha value is -3.17. The van der Waals surface area contributed by atoms with Crippen molar-refractivity contribution < 1.29 is 14.3 Å². The van der Waals surface area contributed by atoms with Crippen LogP contribution in [0.3, 0.4) is 0 Å². The van der Waals surface area contributed by atoms with Crippen LogP contribution in [0.4, 0.5) is 4.79 Å². The number of hydrogen-bond donors (Lipinski definition) is 2. The van der Waals surface area contributed by atoms with Crippen LogP contribution in [0.5, 0.6) is 0 Å². The number of carbonyl (C=O) groups excluding carboxylic acids is 2. The van der Waals surface area contributed by atoms with Crippen molar-refractivity contribution >= 4 is 35.8 Å². The molecule has 0 heterocycles. The Morgan fingerprint density at radius 2 is 1.25 bits per heavy atom. The molecule has 4 rings (SSSR count). The summed E-state index contributed by atoms with van der Waals surface area (Å²) in [6.07, 6.45) is 3.22. The van der Waals surface area contributed by atoms with Crippen molar-refractivity contribution in [2.24, 2.45) is 0 Å². The lowest BCUT2D eigenvalue weighted by molar-refractivity contribution is 0.0475. The third-order valence-electron chi connectivity index (χ3n) is 6.20. The van der Waals surface area contributed by atoms with E-state index in [1.54, 1.807) is 0 Å². The van der Waals surface area contributed by atoms with Crippen LogP contribution >= 0.6 is 7.92 Å². The lowest BCUT2D eigenvalue weighted by Crippen LogP contribution is -2.54. The zero-order valence-corrected chi connectivity index (χ0v) is 22.1. The van der Waals surface area contributed by atoms with Gasteiger partial charge in [0.25, 0.3) is 5.91 Å². The minimum Gasteiger partial charge on any atom is -0.444 e. The monoisotopic (exact) mass is 502 g/mol. The molecule has 1 aliphatic carbocycles. The van der Waals surface area contributed by atoms with Gasteiger partial charge in [0.05, 0.1) is 6.04 Å². The van der Waals surface area contributed by atoms with Crippen LogP contribution in [-0.2, 0) is 4.74 Å². The van der Waals surface area contributed by atoms with Gasteiger partial charge in [-0.2, -0.15) is 0 Å². The molecule has 188 valence electrons. The van der Waals surface area contributed by atoms with Gasteiger partial charge in [-0.3, -0.25) is 4.79 Å². The van der Waals surface area contributed by atoms with Crippen molar-refractivity contribution in [1.29, 1.82) is 0 Å². The van der Waals surface area contributed by atoms with Crippen molar-refractivity contribution in [2.75, 3.05) is 0 Å². The molecule has 2 amide bonds. The van der Waals surface area contributed by atoms with Gasteiger partial charge in [-0.15, -0.1) is 0 Å². The van der Waals surface area contributed by atoms with E-state index in [0.29, 0.717) is 5.56 Å². The first-order valence-electron chi connectivity index (χ1n) is 12.6. The van der Waals surface area contributed by atoms with Gasteiger partial charge in [0.1, 0.15) is 5.60 Å². The molecule has 5 nitrogen and oxygen atoms in total. The Balaban J connectivity index is 1.60. The fraction of sp³-hybridized carbons (Fsp3) is 0.333. The normalized spacial score (nSPS) is 17.9. The smallest absolute Gasteiger partial charge is 0.407 e. The summed E-state index contributed by atoms with van der Waals surface area (Å²) < 4.78 is 5.47. The number of alkyl carbamates (subject to hydrolysis) is 1. The molecule has 6 heteroatoms. The maximum absolute atomic E-state index is 13.7. The van der Waals surface area contributed by atoms with Gasteiger partial charge in [-0.25, -0.2) is 4.79 Å². The summed E-state index contributed by atoms with van der Waals surface area (Å²) in [7, 11) is -0.914. The second kappa shape index (κ2) is 11.7. The van der Waals surface area contributed by atoms with Crippen LogP contribution in [-0.4, -0.2) is 29.7 Å². The average molecular weight is 503 g/mol. The highest BCUT2D eigenvalue weighted by atomic mass is 31.1. The van der Waals surface area contributed by atoms with Gasteiger partial charge in [0.2, 0.25) is 0 Å². The van der Waals surface area contributed by atoms with E-state index in [0.717, 1.165) is 31.0 Å². The largest absolute Gasteiger partial charge is 0.444 e. The molecule has 0 unspecified atom stereocenters. The summed E-state index contributed by atoms with van der Waals surface area (Å²) in [5, 5.41) is 9.67. The average Bonchev–Trinajstić information content (AvgIpc) is 2.86. The Morgan fingerprint density at radius 1 is 0.750 bits per heavy atom. The third-order valence-corrected chi connectivity index (χ3v) is 8.70. The molecule has 1 aliphatic rings. The number of ether oxygens (including phenoxy) is 1. The molecule has 3 aromatic carbocycles. The minimum atomic E-state index is -0.914. The lowest BCUT2D eigenvalue weighted by atomic mass is 9.90. The van der Waals surface area contributed by atoms with Crippen LogP contribution < -0.4 is 26.5 Å². The summed E-state index contributed by atoms with van der Waals surface area (Å²) in [5.41, 5.74) is 0.112. The Kier molecular flexibility index (Phi) is 8.43. The fourth-order valence-corrected chi connectivity index (χ4v) is 7.07. The standard InChI is InChI=1S/C30H35N2O3P/c1-30(2,3)35-29(34)32-26-20-12-11-19-25(26)31-28(33)24-18-10-13-21-27(24)36(22-14-6-4-7-15-22)23-16-8-5-9-17-23/h4-10,13-18,21,25-26H,11-12,19-20H2,1-3H3,(H,31,33)(H,32,34)/t25-,26-/m1/s1. The van der Waals surface area contributed by atoms with E-state index in [1.165, 1.54) is 10.6 Å². The maximum atomic E-state index is 13.7. The molecule has 0 bridgehead atoms. The fourth-order valence-electron chi connectivity index (χ4n) is 4.62. The first-order chi connectivity index (χ1) is 17.3. The van der Waals surface area contributed by atoms with Gasteiger partial charge in [0, 0.05) is 11.6 Å². The highest BCUT2D eigenvalue weighted by Gasteiger charge is 2.31. The van der Waals surface area contributed by atoms with Crippen LogP contribution in [0.2, 0.25) is 0 Å². The first kappa shape index (κ1) is 25.9. The van der Waals surface area contributed by atoms with Gasteiger partial charge in [-0.1, -0.05) is 91.7 Å². The summed E-state index contributed by atoms with van der Waals surface area (Å²) in [6.45, 7) is 5.55. The van der Waals surface area contributed by atoms with E-state index in [2.05, 4.69) is 41.0 Å². The zero-order chi connectivity index (χ0) is 25.5. The van der Waals surface area contributed by atoms with Gasteiger partial charge in [0.15, 0.2) is 0 Å². The third kappa shape index (κ3) is 6.73. The summed E-state index contributed by atoms with van der Waals surface area (Å²) in [5.74, 6) is -0.104. The molecule has 0 radical (unpaired) electrons. The molecule has 0 aromatic heterocycles. The zero-order valence-electron chi connectivity index (χ0n) is 21.2. The van der Waals surface area contributed by atoms with E-state index in [-0.39, 0.29) is 18.0 Å². The number of carbonyl (C=O) groups is 2. The molecule has 36 heavy (non-hydrogen) atoms. The topological polar surface area (TPSA) is 67.4 Å². The van der Waals surface area contributed by atoms with E-state index in [1.807, 2.05) is 75.4 Å². The molecule has 1 saturated carbocycles. The van der Waals surface area contributed by atoms with Crippen molar-refractivity contribution in [2.45, 2.75) is 64.1 Å². The molecular formula is C30H35N2O3P. The maximum Gasteiger partial charge on any atom is 0.407 e. The van der Waals surface area contributed by atoms with Crippen LogP contribution in [0.25, 0.3) is 0 Å². The Labute approximate surface area is 215 Å². The predicted octanol–water partition coefficient (Wildman–Crippen LogP) is 5.01. The highest BCUT2D eigenvalue weighted by molar-refractivity contribution is 7.80. The molecule has 1 fully saturated rings. The highest BCUT2D eigenvalue weighted by Crippen LogP contribution is 2.34. The van der Waals surface area contributed by atoms with E-state index in [4.69, 9.17) is 4.74 Å². The number of benzene rings is 3. The minimum absolute atomic E-state index is 0.104. The molecule has 0 saturated heterocycles. The van der Waals surface area contributed by atoms with E-state index >= 15 is 0 Å². The second-order valence-electron chi connectivity index (χ2n) is 10.1. The van der Waals surface area contributed by atoms with Crippen molar-refractivity contribution in [1.82, 2.24) is 10.6 Å². The number of rotatable bonds is 6. The van der Waals surface area contributed by atoms with Gasteiger partial charge >= 0.3 is 6.09 Å². The quantitative estimate of drug-likeness (QED) is 0.466. The molecule has 0 spiro atoms. The van der Waals surface area contributed by atoms with Crippen LogP contribution in [0.1, 0.15) is 56.8 Å². The molecule has 2 N–H and O–H groups in total. The van der Waals surface area contributed by atoms with Crippen LogP contribution in [0, 0.1) is 0 Å². The van der Waals surface area contributed by atoms with Crippen LogP contribution in [0.15, 0.2) is 84.9 Å². The number of hydrogen-bond acceptors (Lipinski definition) is 3. The van der Waals surface area contributed by atoms with Crippen molar-refractivity contribution in [3.05, 3.63) is 90.5 Å². The Bertz CT molecular complexity index is 1120. The number of amides is 2. The van der Waals surface area contributed by atoms with Gasteiger partial charge in [-0.05, 0) is 63.5 Å². The Morgan fingerprint density at radius 3 is 1.81 bits per heavy atom. The summed E-state index contributed by atoms with van der Waals surface area (Å²) in [6, 6.07) is 28.3. The molecule has 0 aliphatic heterocycles. The predicted molar refractivity (Wildman–Crippen MR) is 148 cm³/mol. The summed E-state index contributed by atoms with van der Waals surface area (Å²) >= 11 is 0. The first-order valence-corrected chi connectivity index (χ1v) is 14.0. The molecular weight excluding hydrogens is 467 g/mol. The van der Waals surface area contributed by atoms with E-state index < -0.39 is 19.6 Å². The molecule has 3 aromatic rings. The summed E-state index contributed by atoms with van der Waals surface area (Å²) in [4.78, 5) is 26.2. The van der Waals surface area contributed by atoms with Crippen molar-refractivity contribution in [3.63, 3.8) is 0 Å².